The number of aromatic nitrogens is 3. The van der Waals surface area contributed by atoms with Crippen molar-refractivity contribution in [1.82, 2.24) is 14.8 Å². The third-order valence-electron chi connectivity index (χ3n) is 3.18. The van der Waals surface area contributed by atoms with Gasteiger partial charge in [0.15, 0.2) is 10.9 Å². The van der Waals surface area contributed by atoms with E-state index < -0.39 is 0 Å². The van der Waals surface area contributed by atoms with Crippen molar-refractivity contribution in [3.05, 3.63) is 40.3 Å². The molecule has 1 aromatic heterocycles. The summed E-state index contributed by atoms with van der Waals surface area (Å²) < 4.78 is 6.69. The highest BCUT2D eigenvalue weighted by molar-refractivity contribution is 7.99. The minimum atomic E-state index is -0.232. The van der Waals surface area contributed by atoms with Crippen LogP contribution in [-0.4, -0.2) is 33.4 Å². The quantitative estimate of drug-likeness (QED) is 0.596. The maximum Gasteiger partial charge on any atom is 0.343 e. The molecule has 0 aliphatic carbocycles. The molecule has 0 atom stereocenters. The summed E-state index contributed by atoms with van der Waals surface area (Å²) in [4.78, 5) is 23.9. The predicted molar refractivity (Wildman–Crippen MR) is 85.8 cm³/mol. The summed E-state index contributed by atoms with van der Waals surface area (Å²) in [7, 11) is 1.56. The van der Waals surface area contributed by atoms with Crippen molar-refractivity contribution in [1.29, 1.82) is 0 Å². The average molecular weight is 321 g/mol. The Hall–Kier alpha value is -2.02. The second kappa shape index (κ2) is 7.84. The van der Waals surface area contributed by atoms with Gasteiger partial charge < -0.3 is 4.74 Å². The van der Waals surface area contributed by atoms with Gasteiger partial charge in [-0.05, 0) is 18.6 Å². The van der Waals surface area contributed by atoms with Gasteiger partial charge in [0.1, 0.15) is 5.75 Å². The SMILES string of the molecule is CCCCn1c(SCC(=O)c2cccc(OC)c2)n[nH]c1=O. The van der Waals surface area contributed by atoms with Crippen LogP contribution in [0.3, 0.4) is 0 Å². The summed E-state index contributed by atoms with van der Waals surface area (Å²) in [5, 5.41) is 6.96. The van der Waals surface area contributed by atoms with E-state index in [2.05, 4.69) is 17.1 Å². The Balaban J connectivity index is 2.03. The molecular weight excluding hydrogens is 302 g/mol. The van der Waals surface area contributed by atoms with E-state index in [-0.39, 0.29) is 17.2 Å². The first-order valence-electron chi connectivity index (χ1n) is 7.11. The van der Waals surface area contributed by atoms with E-state index >= 15 is 0 Å². The van der Waals surface area contributed by atoms with Crippen molar-refractivity contribution in [2.75, 3.05) is 12.9 Å². The van der Waals surface area contributed by atoms with E-state index in [0.717, 1.165) is 12.8 Å². The van der Waals surface area contributed by atoms with Crippen LogP contribution < -0.4 is 10.4 Å². The monoisotopic (exact) mass is 321 g/mol. The molecule has 2 aromatic rings. The number of benzene rings is 1. The number of unbranched alkanes of at least 4 members (excludes halogenated alkanes) is 1. The molecule has 118 valence electrons. The number of rotatable bonds is 8. The number of aromatic amines is 1. The Morgan fingerprint density at radius 2 is 2.27 bits per heavy atom. The van der Waals surface area contributed by atoms with E-state index in [1.165, 1.54) is 11.8 Å². The molecule has 0 saturated heterocycles. The first-order chi connectivity index (χ1) is 10.7. The van der Waals surface area contributed by atoms with Crippen LogP contribution in [0.5, 0.6) is 5.75 Å². The normalized spacial score (nSPS) is 10.6. The van der Waals surface area contributed by atoms with Gasteiger partial charge in [0, 0.05) is 12.1 Å². The van der Waals surface area contributed by atoms with Gasteiger partial charge in [0.25, 0.3) is 0 Å². The maximum absolute atomic E-state index is 12.2. The molecule has 0 radical (unpaired) electrons. The Labute approximate surface area is 132 Å². The number of carbonyl (C=O) groups is 1. The molecule has 2 rings (SSSR count). The first kappa shape index (κ1) is 16.4. The minimum Gasteiger partial charge on any atom is -0.497 e. The third-order valence-corrected chi connectivity index (χ3v) is 4.16. The maximum atomic E-state index is 12.2. The minimum absolute atomic E-state index is 0.0265. The number of H-pyrrole nitrogens is 1. The Morgan fingerprint density at radius 3 is 3.00 bits per heavy atom. The molecule has 6 nitrogen and oxygen atoms in total. The van der Waals surface area contributed by atoms with Gasteiger partial charge in [-0.15, -0.1) is 5.10 Å². The second-order valence-corrected chi connectivity index (χ2v) is 5.70. The topological polar surface area (TPSA) is 77.0 Å². The molecule has 0 bridgehead atoms. The number of hydrogen-bond donors (Lipinski definition) is 1. The molecule has 0 spiro atoms. The van der Waals surface area contributed by atoms with Crippen LogP contribution in [0.4, 0.5) is 0 Å². The molecule has 7 heteroatoms. The van der Waals surface area contributed by atoms with Crippen molar-refractivity contribution in [3.8, 4) is 5.75 Å². The third kappa shape index (κ3) is 4.00. The van der Waals surface area contributed by atoms with E-state index in [9.17, 15) is 9.59 Å². The molecule has 1 aromatic carbocycles. The lowest BCUT2D eigenvalue weighted by atomic mass is 10.1. The summed E-state index contributed by atoms with van der Waals surface area (Å²) in [5.41, 5.74) is 0.356. The number of carbonyl (C=O) groups excluding carboxylic acids is 1. The van der Waals surface area contributed by atoms with Gasteiger partial charge in [-0.1, -0.05) is 37.2 Å². The summed E-state index contributed by atoms with van der Waals surface area (Å²) in [6.45, 7) is 2.67. The van der Waals surface area contributed by atoms with Crippen LogP contribution in [-0.2, 0) is 6.54 Å². The number of hydrogen-bond acceptors (Lipinski definition) is 5. The fourth-order valence-electron chi connectivity index (χ4n) is 1.94. The number of ether oxygens (including phenoxy) is 1. The molecular formula is C15H19N3O3S. The van der Waals surface area contributed by atoms with Crippen LogP contribution in [0, 0.1) is 0 Å². The van der Waals surface area contributed by atoms with E-state index in [1.54, 1.807) is 35.9 Å². The Morgan fingerprint density at radius 1 is 1.45 bits per heavy atom. The number of thioether (sulfide) groups is 1. The van der Waals surface area contributed by atoms with Crippen LogP contribution in [0.1, 0.15) is 30.1 Å². The highest BCUT2D eigenvalue weighted by atomic mass is 32.2. The lowest BCUT2D eigenvalue weighted by Gasteiger charge is -2.05. The second-order valence-electron chi connectivity index (χ2n) is 4.76. The highest BCUT2D eigenvalue weighted by Crippen LogP contribution is 2.18. The summed E-state index contributed by atoms with van der Waals surface area (Å²) >= 11 is 1.26. The molecule has 0 aliphatic heterocycles. The van der Waals surface area contributed by atoms with Crippen LogP contribution in [0.25, 0.3) is 0 Å². The number of Topliss-reactive ketones (excluding diaryl/α,β-unsaturated/α-hetero) is 1. The van der Waals surface area contributed by atoms with Crippen molar-refractivity contribution < 1.29 is 9.53 Å². The van der Waals surface area contributed by atoms with Crippen LogP contribution in [0.2, 0.25) is 0 Å². The fourth-order valence-corrected chi connectivity index (χ4v) is 2.80. The summed E-state index contributed by atoms with van der Waals surface area (Å²) in [6, 6.07) is 7.03. The van der Waals surface area contributed by atoms with Gasteiger partial charge >= 0.3 is 5.69 Å². The van der Waals surface area contributed by atoms with E-state index in [0.29, 0.717) is 23.0 Å². The molecule has 1 heterocycles. The Kier molecular flexibility index (Phi) is 5.83. The van der Waals surface area contributed by atoms with Crippen LogP contribution in [0.15, 0.2) is 34.2 Å². The van der Waals surface area contributed by atoms with Gasteiger partial charge in [-0.3, -0.25) is 9.36 Å². The van der Waals surface area contributed by atoms with E-state index in [1.807, 2.05) is 0 Å². The van der Waals surface area contributed by atoms with Gasteiger partial charge in [0.05, 0.1) is 12.9 Å². The van der Waals surface area contributed by atoms with Crippen molar-refractivity contribution in [3.63, 3.8) is 0 Å². The summed E-state index contributed by atoms with van der Waals surface area (Å²) in [5.74, 6) is 0.848. The van der Waals surface area contributed by atoms with E-state index in [4.69, 9.17) is 4.74 Å². The average Bonchev–Trinajstić information content (AvgIpc) is 2.90. The molecule has 1 N–H and O–H groups in total. The highest BCUT2D eigenvalue weighted by Gasteiger charge is 2.12. The first-order valence-corrected chi connectivity index (χ1v) is 8.09. The van der Waals surface area contributed by atoms with Gasteiger partial charge in [-0.25, -0.2) is 9.89 Å². The standard InChI is InChI=1S/C15H19N3O3S/c1-3-4-8-18-14(20)16-17-15(18)22-10-13(19)11-6-5-7-12(9-11)21-2/h5-7,9H,3-4,8,10H2,1-2H3,(H,16,20). The Bertz CT molecular complexity index is 693. The zero-order chi connectivity index (χ0) is 15.9. The van der Waals surface area contributed by atoms with Crippen molar-refractivity contribution in [2.45, 2.75) is 31.5 Å². The lowest BCUT2D eigenvalue weighted by Crippen LogP contribution is -2.18. The fraction of sp³-hybridized carbons (Fsp3) is 0.400. The number of methoxy groups -OCH3 is 1. The molecule has 0 fully saturated rings. The number of ketones is 1. The van der Waals surface area contributed by atoms with Crippen molar-refractivity contribution >= 4 is 17.5 Å². The zero-order valence-corrected chi connectivity index (χ0v) is 13.5. The zero-order valence-electron chi connectivity index (χ0n) is 12.7. The van der Waals surface area contributed by atoms with Gasteiger partial charge in [0.2, 0.25) is 0 Å². The summed E-state index contributed by atoms with van der Waals surface area (Å²) in [6.07, 6.45) is 1.89. The largest absolute Gasteiger partial charge is 0.497 e. The predicted octanol–water partition coefficient (Wildman–Crippen LogP) is 2.36. The van der Waals surface area contributed by atoms with Crippen molar-refractivity contribution in [2.24, 2.45) is 0 Å². The molecule has 0 saturated carbocycles. The van der Waals surface area contributed by atoms with Gasteiger partial charge in [-0.2, -0.15) is 0 Å². The number of nitrogens with zero attached hydrogens (tertiary/aromatic N) is 2. The number of nitrogens with one attached hydrogen (secondary N) is 1. The smallest absolute Gasteiger partial charge is 0.343 e. The van der Waals surface area contributed by atoms with Crippen LogP contribution >= 0.6 is 11.8 Å². The molecule has 0 unspecified atom stereocenters. The molecule has 0 amide bonds. The molecule has 22 heavy (non-hydrogen) atoms. The molecule has 0 aliphatic rings. The lowest BCUT2D eigenvalue weighted by molar-refractivity contribution is 0.102.